The van der Waals surface area contributed by atoms with Gasteiger partial charge in [-0.25, -0.2) is 0 Å². The third-order valence-electron chi connectivity index (χ3n) is 1.56. The highest BCUT2D eigenvalue weighted by Gasteiger charge is 2.17. The number of hydrogen-bond donors (Lipinski definition) is 1. The van der Waals surface area contributed by atoms with Crippen molar-refractivity contribution < 1.29 is 0 Å². The molecule has 1 aromatic heterocycles. The molecular formula is C7H5NS3. The van der Waals surface area contributed by atoms with Crippen LogP contribution in [0.15, 0.2) is 11.4 Å². The first-order valence-electron chi connectivity index (χ1n) is 3.18. The maximum absolute atomic E-state index is 5.10. The van der Waals surface area contributed by atoms with Crippen LogP contribution in [0.5, 0.6) is 0 Å². The van der Waals surface area contributed by atoms with Gasteiger partial charge in [0.1, 0.15) is 4.99 Å². The van der Waals surface area contributed by atoms with Crippen LogP contribution in [0.4, 0.5) is 0 Å². The maximum atomic E-state index is 5.10. The predicted molar refractivity (Wildman–Crippen MR) is 55.5 cm³/mol. The summed E-state index contributed by atoms with van der Waals surface area (Å²) in [5.41, 5.74) is 1.15. The summed E-state index contributed by atoms with van der Waals surface area (Å²) in [4.78, 5) is 2.90. The molecule has 0 aromatic carbocycles. The summed E-state index contributed by atoms with van der Waals surface area (Å²) in [5.74, 6) is 0. The van der Waals surface area contributed by atoms with E-state index in [4.69, 9.17) is 24.4 Å². The summed E-state index contributed by atoms with van der Waals surface area (Å²) >= 11 is 11.9. The molecule has 0 saturated heterocycles. The van der Waals surface area contributed by atoms with Crippen molar-refractivity contribution in [1.29, 1.82) is 0 Å². The number of rotatable bonds is 0. The Hall–Kier alpha value is -0.320. The molecular weight excluding hydrogens is 194 g/mol. The van der Waals surface area contributed by atoms with Gasteiger partial charge in [-0.2, -0.15) is 0 Å². The fourth-order valence-corrected chi connectivity index (χ4v) is 2.74. The largest absolute Gasteiger partial charge is 0.340 e. The first-order chi connectivity index (χ1) is 5.27. The first-order valence-corrected chi connectivity index (χ1v) is 4.87. The monoisotopic (exact) mass is 199 g/mol. The lowest BCUT2D eigenvalue weighted by atomic mass is 10.1. The van der Waals surface area contributed by atoms with Crippen LogP contribution in [0.25, 0.3) is 0 Å². The number of nitrogens with one attached hydrogen (secondary N) is 1. The molecule has 1 aliphatic rings. The van der Waals surface area contributed by atoms with Gasteiger partial charge in [0.25, 0.3) is 0 Å². The van der Waals surface area contributed by atoms with Gasteiger partial charge in [-0.15, -0.1) is 11.3 Å². The standard InChI is InChI=1S/C7H5NS3/c9-6-3-5-4(1-2-11-5)7(10)8-6/h1-2H,3H2,(H,8,9,10). The molecule has 0 fully saturated rings. The summed E-state index contributed by atoms with van der Waals surface area (Å²) < 4.78 is 0. The highest BCUT2D eigenvalue weighted by Crippen LogP contribution is 2.21. The molecule has 0 amide bonds. The number of hydrogen-bond acceptors (Lipinski definition) is 3. The van der Waals surface area contributed by atoms with Gasteiger partial charge >= 0.3 is 0 Å². The van der Waals surface area contributed by atoms with Gasteiger partial charge in [0.2, 0.25) is 0 Å². The molecule has 2 heterocycles. The Morgan fingerprint density at radius 1 is 1.45 bits per heavy atom. The van der Waals surface area contributed by atoms with Gasteiger partial charge < -0.3 is 5.32 Å². The molecule has 0 aliphatic carbocycles. The molecule has 1 nitrogen and oxygen atoms in total. The SMILES string of the molecule is S=C1Cc2sccc2C(=S)N1. The van der Waals surface area contributed by atoms with Crippen LogP contribution in [-0.2, 0) is 6.42 Å². The van der Waals surface area contributed by atoms with Crippen molar-refractivity contribution >= 4 is 45.7 Å². The van der Waals surface area contributed by atoms with Gasteiger partial charge in [0.05, 0.1) is 4.99 Å². The fraction of sp³-hybridized carbons (Fsp3) is 0.143. The number of fused-ring (bicyclic) bond motifs is 1. The number of thiocarbonyl (C=S) groups is 2. The first kappa shape index (κ1) is 7.34. The molecule has 56 valence electrons. The zero-order valence-corrected chi connectivity index (χ0v) is 8.04. The molecule has 4 heteroatoms. The van der Waals surface area contributed by atoms with Crippen LogP contribution in [0.2, 0.25) is 0 Å². The highest BCUT2D eigenvalue weighted by molar-refractivity contribution is 7.82. The van der Waals surface area contributed by atoms with Crippen molar-refractivity contribution in [2.75, 3.05) is 0 Å². The molecule has 11 heavy (non-hydrogen) atoms. The van der Waals surface area contributed by atoms with Gasteiger partial charge in [-0.05, 0) is 11.4 Å². The van der Waals surface area contributed by atoms with Gasteiger partial charge in [0, 0.05) is 16.9 Å². The summed E-state index contributed by atoms with van der Waals surface area (Å²) in [6.45, 7) is 0. The third kappa shape index (κ3) is 1.21. The molecule has 0 saturated carbocycles. The average molecular weight is 199 g/mol. The van der Waals surface area contributed by atoms with E-state index in [1.807, 2.05) is 11.4 Å². The van der Waals surface area contributed by atoms with Crippen LogP contribution < -0.4 is 5.32 Å². The lowest BCUT2D eigenvalue weighted by molar-refractivity contribution is 1.25. The van der Waals surface area contributed by atoms with Gasteiger partial charge in [0.15, 0.2) is 0 Å². The Morgan fingerprint density at radius 3 is 3.09 bits per heavy atom. The molecule has 1 aliphatic heterocycles. The Bertz CT molecular complexity index is 326. The minimum atomic E-state index is 0.775. The third-order valence-corrected chi connectivity index (χ3v) is 3.05. The van der Waals surface area contributed by atoms with Crippen molar-refractivity contribution in [2.24, 2.45) is 0 Å². The predicted octanol–water partition coefficient (Wildman–Crippen LogP) is 1.90. The second kappa shape index (κ2) is 2.62. The van der Waals surface area contributed by atoms with Crippen LogP contribution >= 0.6 is 35.8 Å². The zero-order valence-electron chi connectivity index (χ0n) is 5.59. The van der Waals surface area contributed by atoms with Crippen LogP contribution in [0.3, 0.4) is 0 Å². The van der Waals surface area contributed by atoms with Crippen LogP contribution in [-0.4, -0.2) is 9.98 Å². The Balaban J connectivity index is 2.52. The molecule has 0 spiro atoms. The van der Waals surface area contributed by atoms with E-state index in [0.29, 0.717) is 0 Å². The minimum absolute atomic E-state index is 0.775. The minimum Gasteiger partial charge on any atom is -0.340 e. The molecule has 1 aromatic rings. The smallest absolute Gasteiger partial charge is 0.112 e. The molecule has 0 radical (unpaired) electrons. The van der Waals surface area contributed by atoms with Crippen LogP contribution in [0, 0.1) is 0 Å². The van der Waals surface area contributed by atoms with E-state index in [-0.39, 0.29) is 0 Å². The van der Waals surface area contributed by atoms with E-state index < -0.39 is 0 Å². The van der Waals surface area contributed by atoms with Crippen molar-refractivity contribution in [1.82, 2.24) is 5.32 Å². The van der Waals surface area contributed by atoms with Gasteiger partial charge in [-0.3, -0.25) is 0 Å². The van der Waals surface area contributed by atoms with Crippen molar-refractivity contribution in [3.8, 4) is 0 Å². The topological polar surface area (TPSA) is 12.0 Å². The average Bonchev–Trinajstić information content (AvgIpc) is 2.34. The molecule has 0 atom stereocenters. The molecule has 2 rings (SSSR count). The maximum Gasteiger partial charge on any atom is 0.112 e. The Kier molecular flexibility index (Phi) is 1.75. The summed E-state index contributed by atoms with van der Waals surface area (Å²) in [7, 11) is 0. The molecule has 1 N–H and O–H groups in total. The van der Waals surface area contributed by atoms with E-state index >= 15 is 0 Å². The fourth-order valence-electron chi connectivity index (χ4n) is 1.06. The van der Waals surface area contributed by atoms with E-state index in [9.17, 15) is 0 Å². The summed E-state index contributed by atoms with van der Waals surface area (Å²) in [6.07, 6.45) is 0.850. The molecule has 0 bridgehead atoms. The second-order valence-electron chi connectivity index (χ2n) is 2.31. The van der Waals surface area contributed by atoms with Crippen LogP contribution in [0.1, 0.15) is 10.4 Å². The lowest BCUT2D eigenvalue weighted by Crippen LogP contribution is -2.34. The zero-order chi connectivity index (χ0) is 7.84. The van der Waals surface area contributed by atoms with E-state index in [1.54, 1.807) is 11.3 Å². The summed E-state index contributed by atoms with van der Waals surface area (Å²) in [6, 6.07) is 2.04. The van der Waals surface area contributed by atoms with Crippen molar-refractivity contribution in [3.05, 3.63) is 21.9 Å². The Morgan fingerprint density at radius 2 is 2.27 bits per heavy atom. The Labute approximate surface area is 79.4 Å². The lowest BCUT2D eigenvalue weighted by Gasteiger charge is -2.14. The quantitative estimate of drug-likeness (QED) is 0.641. The normalized spacial score (nSPS) is 16.0. The van der Waals surface area contributed by atoms with Crippen molar-refractivity contribution in [3.63, 3.8) is 0 Å². The highest BCUT2D eigenvalue weighted by atomic mass is 32.1. The molecule has 0 unspecified atom stereocenters. The van der Waals surface area contributed by atoms with Crippen molar-refractivity contribution in [2.45, 2.75) is 6.42 Å². The summed E-state index contributed by atoms with van der Waals surface area (Å²) in [5, 5.41) is 5.04. The van der Waals surface area contributed by atoms with E-state index in [1.165, 1.54) is 4.88 Å². The van der Waals surface area contributed by atoms with Gasteiger partial charge in [-0.1, -0.05) is 24.4 Å². The second-order valence-corrected chi connectivity index (χ2v) is 4.21. The van der Waals surface area contributed by atoms with E-state index in [0.717, 1.165) is 22.0 Å². The number of thiophene rings is 1. The van der Waals surface area contributed by atoms with E-state index in [2.05, 4.69) is 5.32 Å².